The van der Waals surface area contributed by atoms with Gasteiger partial charge in [-0.25, -0.2) is 0 Å². The lowest BCUT2D eigenvalue weighted by molar-refractivity contribution is -0.870. The van der Waals surface area contributed by atoms with Gasteiger partial charge in [-0.05, 0) is 109 Å². The van der Waals surface area contributed by atoms with E-state index in [1.165, 1.54) is 96.3 Å². The number of nitrogens with one attached hydrogen (secondary N) is 1. The number of esters is 1. The molecule has 0 aromatic rings. The molecule has 3 atom stereocenters. The van der Waals surface area contributed by atoms with Crippen molar-refractivity contribution in [2.45, 2.75) is 251 Å². The second-order valence-electron chi connectivity index (χ2n) is 20.8. The first-order valence-corrected chi connectivity index (χ1v) is 31.0. The maximum absolute atomic E-state index is 13.5. The molecule has 0 heterocycles. The number of phosphoric acid groups is 1. The molecule has 0 rings (SSSR count). The predicted octanol–water partition coefficient (Wildman–Crippen LogP) is 17.4. The van der Waals surface area contributed by atoms with Crippen molar-refractivity contribution in [2.75, 3.05) is 40.9 Å². The molecule has 73 heavy (non-hydrogen) atoms. The number of hydrogen-bond donors (Lipinski definition) is 1. The van der Waals surface area contributed by atoms with E-state index in [1.807, 2.05) is 33.3 Å². The molecule has 0 aliphatic rings. The third kappa shape index (κ3) is 53.6. The highest BCUT2D eigenvalue weighted by Gasteiger charge is 2.27. The molecule has 0 bridgehead atoms. The molecule has 10 heteroatoms. The third-order valence-corrected chi connectivity index (χ3v) is 13.5. The molecule has 0 spiro atoms. The summed E-state index contributed by atoms with van der Waals surface area (Å²) in [5.74, 6) is -0.615. The second kappa shape index (κ2) is 52.4. The minimum atomic E-state index is -4.72. The zero-order chi connectivity index (χ0) is 53.6. The number of carbonyl (C=O) groups excluding carboxylic acids is 2. The highest BCUT2D eigenvalue weighted by molar-refractivity contribution is 7.45. The smallest absolute Gasteiger partial charge is 0.306 e. The molecule has 9 nitrogen and oxygen atoms in total. The van der Waals surface area contributed by atoms with E-state index in [0.29, 0.717) is 23.9 Å². The average molecular weight is 1040 g/mol. The van der Waals surface area contributed by atoms with E-state index < -0.39 is 26.6 Å². The summed E-state index contributed by atoms with van der Waals surface area (Å²) in [6, 6.07) is -0.922. The normalized spacial score (nSPS) is 14.5. The SMILES string of the molecule is CC/C=C\C/C=C\C/C=C\C/C=C\C/C=C\C/C=C\CCCCC(=O)NC(COP(=O)([O-])OCC[N+](C)(C)C)C(/C=C\CCCCCCCCCCCC)OC(=O)CCCCC/C=C\CCCCCCCCC. The lowest BCUT2D eigenvalue weighted by atomic mass is 10.1. The fraction of sp³-hybridized carbons (Fsp3) is 0.714. The maximum atomic E-state index is 13.5. The van der Waals surface area contributed by atoms with Gasteiger partial charge >= 0.3 is 5.97 Å². The molecule has 0 radical (unpaired) electrons. The van der Waals surface area contributed by atoms with Gasteiger partial charge in [-0.3, -0.25) is 14.2 Å². The number of likely N-dealkylation sites (N-methyl/N-ethyl adjacent to an activating group) is 1. The van der Waals surface area contributed by atoms with E-state index in [9.17, 15) is 19.0 Å². The van der Waals surface area contributed by atoms with Crippen LogP contribution >= 0.6 is 7.82 Å². The van der Waals surface area contributed by atoms with Gasteiger partial charge in [0.25, 0.3) is 7.82 Å². The minimum Gasteiger partial charge on any atom is -0.756 e. The molecule has 0 aromatic heterocycles. The average Bonchev–Trinajstić information content (AvgIpc) is 3.35. The van der Waals surface area contributed by atoms with Gasteiger partial charge < -0.3 is 28.5 Å². The predicted molar refractivity (Wildman–Crippen MR) is 311 cm³/mol. The van der Waals surface area contributed by atoms with Crippen LogP contribution in [0, 0.1) is 0 Å². The minimum absolute atomic E-state index is 0.0375. The largest absolute Gasteiger partial charge is 0.756 e. The zero-order valence-corrected chi connectivity index (χ0v) is 48.7. The number of ether oxygens (including phenoxy) is 1. The number of nitrogens with zero attached hydrogens (tertiary/aromatic N) is 1. The summed E-state index contributed by atoms with van der Waals surface area (Å²) in [6.45, 7) is 6.66. The van der Waals surface area contributed by atoms with Gasteiger partial charge in [0.2, 0.25) is 5.91 Å². The second-order valence-corrected chi connectivity index (χ2v) is 22.2. The molecule has 1 amide bonds. The topological polar surface area (TPSA) is 114 Å². The van der Waals surface area contributed by atoms with E-state index in [4.69, 9.17) is 13.8 Å². The van der Waals surface area contributed by atoms with Crippen LogP contribution in [0.25, 0.3) is 0 Å². The first-order valence-electron chi connectivity index (χ1n) is 29.5. The van der Waals surface area contributed by atoms with Crippen molar-refractivity contribution in [3.63, 3.8) is 0 Å². The van der Waals surface area contributed by atoms with Gasteiger partial charge in [0.1, 0.15) is 19.3 Å². The Kier molecular flexibility index (Phi) is 50.2. The van der Waals surface area contributed by atoms with Gasteiger partial charge in [0, 0.05) is 12.8 Å². The van der Waals surface area contributed by atoms with Crippen LogP contribution in [0.2, 0.25) is 0 Å². The fourth-order valence-electron chi connectivity index (χ4n) is 7.93. The number of allylic oxidation sites excluding steroid dienone is 15. The summed E-state index contributed by atoms with van der Waals surface area (Å²) >= 11 is 0. The van der Waals surface area contributed by atoms with Crippen molar-refractivity contribution in [3.8, 4) is 0 Å². The van der Waals surface area contributed by atoms with E-state index in [1.54, 1.807) is 0 Å². The Morgan fingerprint density at radius 1 is 0.493 bits per heavy atom. The van der Waals surface area contributed by atoms with Crippen LogP contribution in [0.5, 0.6) is 0 Å². The summed E-state index contributed by atoms with van der Waals surface area (Å²) in [6.07, 6.45) is 69.5. The summed E-state index contributed by atoms with van der Waals surface area (Å²) in [5.41, 5.74) is 0. The van der Waals surface area contributed by atoms with Crippen molar-refractivity contribution >= 4 is 19.7 Å². The molecule has 420 valence electrons. The lowest BCUT2D eigenvalue weighted by Gasteiger charge is -2.30. The van der Waals surface area contributed by atoms with Gasteiger partial charge in [0.15, 0.2) is 0 Å². The molecular weight excluding hydrogens is 928 g/mol. The molecule has 0 aromatic carbocycles. The van der Waals surface area contributed by atoms with Crippen LogP contribution in [-0.2, 0) is 27.9 Å². The highest BCUT2D eigenvalue weighted by atomic mass is 31.2. The van der Waals surface area contributed by atoms with E-state index >= 15 is 0 Å². The van der Waals surface area contributed by atoms with Gasteiger partial charge in [-0.1, -0.05) is 215 Å². The summed E-state index contributed by atoms with van der Waals surface area (Å²) < 4.78 is 30.2. The van der Waals surface area contributed by atoms with Crippen LogP contribution < -0.4 is 10.2 Å². The Hall–Kier alpha value is -3.07. The summed E-state index contributed by atoms with van der Waals surface area (Å²) in [7, 11) is 1.14. The zero-order valence-electron chi connectivity index (χ0n) is 47.8. The maximum Gasteiger partial charge on any atom is 0.306 e. The van der Waals surface area contributed by atoms with Crippen molar-refractivity contribution < 1.29 is 37.3 Å². The van der Waals surface area contributed by atoms with Crippen molar-refractivity contribution in [2.24, 2.45) is 0 Å². The van der Waals surface area contributed by atoms with Crippen molar-refractivity contribution in [3.05, 3.63) is 97.2 Å². The van der Waals surface area contributed by atoms with E-state index in [2.05, 4.69) is 111 Å². The number of quaternary nitrogens is 1. The molecule has 0 fully saturated rings. The van der Waals surface area contributed by atoms with Crippen molar-refractivity contribution in [1.29, 1.82) is 0 Å². The molecule has 0 saturated heterocycles. The first-order chi connectivity index (χ1) is 35.4. The number of phosphoric ester groups is 1. The van der Waals surface area contributed by atoms with Crippen LogP contribution in [0.4, 0.5) is 0 Å². The van der Waals surface area contributed by atoms with E-state index in [-0.39, 0.29) is 31.3 Å². The monoisotopic (exact) mass is 1040 g/mol. The van der Waals surface area contributed by atoms with Crippen LogP contribution in [0.3, 0.4) is 0 Å². The number of rotatable bonds is 52. The quantitative estimate of drug-likeness (QED) is 0.0212. The molecule has 1 N–H and O–H groups in total. The third-order valence-electron chi connectivity index (χ3n) is 12.5. The Labute approximate surface area is 449 Å². The van der Waals surface area contributed by atoms with Crippen LogP contribution in [0.1, 0.15) is 239 Å². The summed E-state index contributed by atoms with van der Waals surface area (Å²) in [5, 5.41) is 2.99. The highest BCUT2D eigenvalue weighted by Crippen LogP contribution is 2.38. The standard InChI is InChI=1S/C63H111N2O7P/c1-7-10-13-16-19-22-25-28-30-31-32-33-34-35-36-37-40-43-46-49-52-55-62(66)64-60(59-71-73(68,69)70-58-57-65(4,5)6)61(54-51-48-45-42-39-27-24-21-18-15-12-9-3)72-63(67)56-53-50-47-44-41-38-29-26-23-20-17-14-11-8-2/h10,13,19,22,28,30,32-33,35-36,38,40-41,43,51,54,60-61H,7-9,11-12,14-18,20-21,23-27,29,31,34,37,39,42,44-50,52-53,55-59H2,1-6H3,(H-,64,66,68,69)/b13-10-,22-19-,30-28-,33-32-,36-35-,41-38-,43-40-,54-51-. The van der Waals surface area contributed by atoms with Gasteiger partial charge in [0.05, 0.1) is 33.8 Å². The number of amides is 1. The molecular formula is C63H111N2O7P. The first kappa shape index (κ1) is 69.9. The van der Waals surface area contributed by atoms with E-state index in [0.717, 1.165) is 96.3 Å². The molecule has 0 saturated carbocycles. The number of hydrogen-bond acceptors (Lipinski definition) is 7. The van der Waals surface area contributed by atoms with Gasteiger partial charge in [-0.2, -0.15) is 0 Å². The van der Waals surface area contributed by atoms with Gasteiger partial charge in [-0.15, -0.1) is 0 Å². The Balaban J connectivity index is 5.41. The lowest BCUT2D eigenvalue weighted by Crippen LogP contribution is -2.47. The van der Waals surface area contributed by atoms with Crippen LogP contribution in [-0.4, -0.2) is 69.4 Å². The van der Waals surface area contributed by atoms with Crippen molar-refractivity contribution in [1.82, 2.24) is 5.32 Å². The van der Waals surface area contributed by atoms with Crippen LogP contribution in [0.15, 0.2) is 97.2 Å². The number of carbonyl (C=O) groups is 2. The Morgan fingerprint density at radius 3 is 1.34 bits per heavy atom. The Morgan fingerprint density at radius 2 is 0.877 bits per heavy atom. The summed E-state index contributed by atoms with van der Waals surface area (Å²) in [4.78, 5) is 39.9. The number of unbranched alkanes of at least 4 members (excludes halogenated alkanes) is 22. The molecule has 0 aliphatic carbocycles. The molecule has 0 aliphatic heterocycles. The Bertz CT molecular complexity index is 1570. The fourth-order valence-corrected chi connectivity index (χ4v) is 8.65. The molecule has 3 unspecified atom stereocenters.